The molecular weight excluding hydrogens is 506 g/mol. The van der Waals surface area contributed by atoms with Crippen LogP contribution in [-0.4, -0.2) is 9.97 Å². The number of furan rings is 2. The lowest BCUT2D eigenvalue weighted by atomic mass is 10.0. The van der Waals surface area contributed by atoms with Crippen LogP contribution in [0.4, 0.5) is 17.1 Å². The van der Waals surface area contributed by atoms with E-state index >= 15 is 0 Å². The van der Waals surface area contributed by atoms with Gasteiger partial charge in [-0.25, -0.2) is 4.98 Å². The Kier molecular flexibility index (Phi) is 4.55. The van der Waals surface area contributed by atoms with Crippen molar-refractivity contribution >= 4 is 82.6 Å². The number of rotatable bonds is 3. The molecule has 0 radical (unpaired) electrons. The third-order valence-electron chi connectivity index (χ3n) is 7.96. The van der Waals surface area contributed by atoms with Gasteiger partial charge >= 0.3 is 0 Å². The van der Waals surface area contributed by atoms with Crippen LogP contribution in [0.15, 0.2) is 137 Å². The van der Waals surface area contributed by atoms with Gasteiger partial charge in [-0.2, -0.15) is 0 Å². The highest BCUT2D eigenvalue weighted by molar-refractivity contribution is 6.10. The average Bonchev–Trinajstić information content (AvgIpc) is 3.59. The van der Waals surface area contributed by atoms with Crippen LogP contribution in [0.1, 0.15) is 0 Å². The topological polar surface area (TPSA) is 55.3 Å². The normalized spacial score (nSPS) is 11.9. The maximum absolute atomic E-state index is 6.24. The van der Waals surface area contributed by atoms with E-state index in [1.807, 2.05) is 42.6 Å². The minimum Gasteiger partial charge on any atom is -0.454 e. The molecule has 0 saturated heterocycles. The van der Waals surface area contributed by atoms with E-state index in [0.717, 1.165) is 61.1 Å². The Balaban J connectivity index is 1.29. The van der Waals surface area contributed by atoms with Gasteiger partial charge in [0.15, 0.2) is 11.2 Å². The van der Waals surface area contributed by atoms with Crippen LogP contribution in [0.25, 0.3) is 65.6 Å². The zero-order chi connectivity index (χ0) is 26.9. The van der Waals surface area contributed by atoms with Crippen LogP contribution in [0.3, 0.4) is 0 Å². The van der Waals surface area contributed by atoms with E-state index in [1.165, 1.54) is 21.5 Å². The fourth-order valence-electron chi connectivity index (χ4n) is 6.05. The summed E-state index contributed by atoms with van der Waals surface area (Å²) in [6.45, 7) is 0. The van der Waals surface area contributed by atoms with Crippen LogP contribution >= 0.6 is 0 Å². The number of hydrogen-bond donors (Lipinski definition) is 0. The molecule has 0 aliphatic carbocycles. The van der Waals surface area contributed by atoms with Crippen LogP contribution in [0, 0.1) is 0 Å². The van der Waals surface area contributed by atoms with Crippen molar-refractivity contribution in [3.8, 4) is 0 Å². The lowest BCUT2D eigenvalue weighted by molar-refractivity contribution is 0.666. The first kappa shape index (κ1) is 22.2. The Morgan fingerprint density at radius 3 is 2.20 bits per heavy atom. The maximum Gasteiger partial charge on any atom is 0.155 e. The first-order valence-electron chi connectivity index (χ1n) is 13.6. The van der Waals surface area contributed by atoms with Gasteiger partial charge in [-0.1, -0.05) is 54.6 Å². The summed E-state index contributed by atoms with van der Waals surface area (Å²) < 4.78 is 12.3. The van der Waals surface area contributed by atoms with Gasteiger partial charge in [0.05, 0.1) is 18.1 Å². The average molecular weight is 528 g/mol. The first-order valence-corrected chi connectivity index (χ1v) is 13.6. The monoisotopic (exact) mass is 527 g/mol. The Hall–Kier alpha value is -5.68. The van der Waals surface area contributed by atoms with Gasteiger partial charge in [-0.05, 0) is 70.1 Å². The Labute approximate surface area is 233 Å². The summed E-state index contributed by atoms with van der Waals surface area (Å²) >= 11 is 0. The molecule has 5 nitrogen and oxygen atoms in total. The molecule has 0 N–H and O–H groups in total. The quantitative estimate of drug-likeness (QED) is 0.214. The zero-order valence-electron chi connectivity index (χ0n) is 21.8. The molecule has 41 heavy (non-hydrogen) atoms. The van der Waals surface area contributed by atoms with Crippen molar-refractivity contribution in [2.24, 2.45) is 0 Å². The van der Waals surface area contributed by atoms with Crippen molar-refractivity contribution in [3.63, 3.8) is 0 Å². The molecule has 0 fully saturated rings. The molecule has 5 aromatic carbocycles. The molecule has 0 amide bonds. The molecule has 0 aliphatic heterocycles. The number of para-hydroxylation sites is 1. The van der Waals surface area contributed by atoms with Crippen LogP contribution < -0.4 is 4.90 Å². The summed E-state index contributed by atoms with van der Waals surface area (Å²) in [4.78, 5) is 11.3. The van der Waals surface area contributed by atoms with E-state index in [1.54, 1.807) is 12.4 Å². The number of pyridine rings is 2. The fraction of sp³-hybridized carbons (Fsp3) is 0. The number of aromatic nitrogens is 2. The van der Waals surface area contributed by atoms with Crippen molar-refractivity contribution in [1.29, 1.82) is 0 Å². The Morgan fingerprint density at radius 2 is 1.22 bits per heavy atom. The minimum atomic E-state index is 0.751. The predicted molar refractivity (Wildman–Crippen MR) is 166 cm³/mol. The summed E-state index contributed by atoms with van der Waals surface area (Å²) in [5, 5.41) is 7.95. The van der Waals surface area contributed by atoms with E-state index in [0.29, 0.717) is 0 Å². The largest absolute Gasteiger partial charge is 0.454 e. The molecule has 4 aromatic heterocycles. The summed E-state index contributed by atoms with van der Waals surface area (Å²) in [6.07, 6.45) is 5.49. The predicted octanol–water partition coefficient (Wildman–Crippen LogP) is 10.1. The second-order valence-corrected chi connectivity index (χ2v) is 10.3. The molecule has 9 aromatic rings. The van der Waals surface area contributed by atoms with Crippen molar-refractivity contribution in [2.75, 3.05) is 4.90 Å². The van der Waals surface area contributed by atoms with Crippen LogP contribution in [-0.2, 0) is 0 Å². The molecule has 0 unspecified atom stereocenters. The summed E-state index contributed by atoms with van der Waals surface area (Å²) in [5.74, 6) is 0. The Bertz CT molecular complexity index is 2450. The van der Waals surface area contributed by atoms with E-state index < -0.39 is 0 Å². The first-order chi connectivity index (χ1) is 20.3. The van der Waals surface area contributed by atoms with Gasteiger partial charge in [-0.15, -0.1) is 0 Å². The fourth-order valence-corrected chi connectivity index (χ4v) is 6.05. The van der Waals surface area contributed by atoms with E-state index in [4.69, 9.17) is 13.8 Å². The van der Waals surface area contributed by atoms with Crippen molar-refractivity contribution in [3.05, 3.63) is 128 Å². The number of hydrogen-bond acceptors (Lipinski definition) is 5. The van der Waals surface area contributed by atoms with Crippen molar-refractivity contribution in [1.82, 2.24) is 9.97 Å². The van der Waals surface area contributed by atoms with Crippen molar-refractivity contribution in [2.45, 2.75) is 0 Å². The molecule has 192 valence electrons. The van der Waals surface area contributed by atoms with Gasteiger partial charge in [0.1, 0.15) is 16.7 Å². The number of benzene rings is 5. The van der Waals surface area contributed by atoms with Gasteiger partial charge in [-0.3, -0.25) is 4.98 Å². The van der Waals surface area contributed by atoms with Crippen LogP contribution in [0.2, 0.25) is 0 Å². The highest BCUT2D eigenvalue weighted by Crippen LogP contribution is 2.41. The summed E-state index contributed by atoms with van der Waals surface area (Å²) in [5.41, 5.74) is 6.97. The van der Waals surface area contributed by atoms with Gasteiger partial charge < -0.3 is 13.7 Å². The number of fused-ring (bicyclic) bond motifs is 9. The summed E-state index contributed by atoms with van der Waals surface area (Å²) in [6, 6.07) is 37.9. The highest BCUT2D eigenvalue weighted by atomic mass is 16.3. The molecule has 4 heterocycles. The third kappa shape index (κ3) is 3.36. The lowest BCUT2D eigenvalue weighted by Crippen LogP contribution is -2.10. The minimum absolute atomic E-state index is 0.751. The molecule has 0 saturated carbocycles. The Morgan fingerprint density at radius 1 is 0.463 bits per heavy atom. The molecule has 0 atom stereocenters. The number of nitrogens with zero attached hydrogens (tertiary/aromatic N) is 3. The van der Waals surface area contributed by atoms with Gasteiger partial charge in [0, 0.05) is 39.8 Å². The highest BCUT2D eigenvalue weighted by Gasteiger charge is 2.18. The molecule has 0 spiro atoms. The molecule has 0 bridgehead atoms. The van der Waals surface area contributed by atoms with Crippen molar-refractivity contribution < 1.29 is 8.83 Å². The molecular formula is C36H21N3O2. The maximum atomic E-state index is 6.24. The second-order valence-electron chi connectivity index (χ2n) is 10.3. The smallest absolute Gasteiger partial charge is 0.155 e. The number of anilines is 3. The molecule has 5 heteroatoms. The standard InChI is InChI=1S/C36H21N3O2/c1-2-6-27-22(5-1)9-10-23-17-24(11-13-28(23)27)39(25-12-14-33-31(18-25)29-15-16-37-21-35(29)41-33)26-19-34-36(38-20-26)30-7-3-4-8-32(30)40-34/h1-21H. The summed E-state index contributed by atoms with van der Waals surface area (Å²) in [7, 11) is 0. The third-order valence-corrected chi connectivity index (χ3v) is 7.96. The molecule has 0 aliphatic rings. The van der Waals surface area contributed by atoms with Crippen LogP contribution in [0.5, 0.6) is 0 Å². The SMILES string of the molecule is c1ccc2c(c1)ccc1cc(N(c3cnc4c(c3)oc3ccccc34)c3ccc4oc5cnccc5c4c3)ccc12. The zero-order valence-corrected chi connectivity index (χ0v) is 21.8. The second kappa shape index (κ2) is 8.41. The van der Waals surface area contributed by atoms with E-state index in [9.17, 15) is 0 Å². The van der Waals surface area contributed by atoms with Gasteiger partial charge in [0.25, 0.3) is 0 Å². The van der Waals surface area contributed by atoms with E-state index in [2.05, 4.69) is 82.7 Å². The lowest BCUT2D eigenvalue weighted by Gasteiger charge is -2.25. The van der Waals surface area contributed by atoms with E-state index in [-0.39, 0.29) is 0 Å². The van der Waals surface area contributed by atoms with Gasteiger partial charge in [0.2, 0.25) is 0 Å². The molecule has 9 rings (SSSR count).